The molecule has 4 aromatic rings. The Balaban J connectivity index is 0.00000149. The number of alkyl halides is 4. The zero-order valence-electron chi connectivity index (χ0n) is 17.6. The Labute approximate surface area is 191 Å². The number of halogens is 4. The lowest BCUT2D eigenvalue weighted by molar-refractivity contribution is -0.141. The summed E-state index contributed by atoms with van der Waals surface area (Å²) >= 11 is 5.49. The molecule has 4 heterocycles. The van der Waals surface area contributed by atoms with Crippen LogP contribution in [0.2, 0.25) is 0 Å². The van der Waals surface area contributed by atoms with Crippen LogP contribution in [0.25, 0.3) is 17.0 Å². The third-order valence-electron chi connectivity index (χ3n) is 4.07. The molecule has 4 rings (SSSR count). The molecular weight excluding hydrogens is 459 g/mol. The minimum atomic E-state index is -4.59. The van der Waals surface area contributed by atoms with Gasteiger partial charge in [0.2, 0.25) is 11.7 Å². The summed E-state index contributed by atoms with van der Waals surface area (Å²) in [5.74, 6) is -0.0308. The fourth-order valence-electron chi connectivity index (χ4n) is 2.74. The average molecular weight is 478 g/mol. The average Bonchev–Trinajstić information content (AvgIpc) is 3.29. The lowest BCUT2D eigenvalue weighted by Crippen LogP contribution is -2.13. The monoisotopic (exact) mass is 477 g/mol. The number of pyridine rings is 2. The van der Waals surface area contributed by atoms with E-state index in [0.29, 0.717) is 17.0 Å². The summed E-state index contributed by atoms with van der Waals surface area (Å²) in [6, 6.07) is 10.2. The molecule has 0 aliphatic rings. The summed E-state index contributed by atoms with van der Waals surface area (Å²) in [4.78, 5) is 23.5. The Hall–Kier alpha value is -3.73. The van der Waals surface area contributed by atoms with Gasteiger partial charge in [0.1, 0.15) is 28.6 Å². The molecule has 33 heavy (non-hydrogen) atoms. The molecule has 0 atom stereocenters. The van der Waals surface area contributed by atoms with Crippen molar-refractivity contribution in [3.05, 3.63) is 60.6 Å². The van der Waals surface area contributed by atoms with Crippen LogP contribution in [0.15, 0.2) is 54.9 Å². The zero-order valence-corrected chi connectivity index (χ0v) is 18.3. The summed E-state index contributed by atoms with van der Waals surface area (Å²) in [7, 11) is 0. The second-order valence-corrected chi connectivity index (χ2v) is 6.53. The second-order valence-electron chi connectivity index (χ2n) is 6.26. The van der Waals surface area contributed by atoms with E-state index >= 15 is 0 Å². The van der Waals surface area contributed by atoms with Gasteiger partial charge in [-0.1, -0.05) is 19.9 Å². The molecule has 12 heteroatoms. The van der Waals surface area contributed by atoms with Crippen LogP contribution in [0.1, 0.15) is 19.5 Å². The summed E-state index contributed by atoms with van der Waals surface area (Å²) in [6.45, 7) is 4.00. The van der Waals surface area contributed by atoms with Crippen molar-refractivity contribution in [1.29, 1.82) is 0 Å². The van der Waals surface area contributed by atoms with Crippen LogP contribution >= 0.6 is 11.6 Å². The van der Waals surface area contributed by atoms with E-state index in [1.54, 1.807) is 30.5 Å². The van der Waals surface area contributed by atoms with Crippen molar-refractivity contribution in [3.63, 3.8) is 0 Å². The number of amides is 1. The first-order valence-electron chi connectivity index (χ1n) is 9.82. The Morgan fingerprint density at radius 3 is 2.64 bits per heavy atom. The number of anilines is 3. The van der Waals surface area contributed by atoms with Gasteiger partial charge in [-0.15, -0.1) is 16.7 Å². The highest BCUT2D eigenvalue weighted by Crippen LogP contribution is 2.29. The molecule has 4 aromatic heterocycles. The maximum atomic E-state index is 13.0. The first-order valence-corrected chi connectivity index (χ1v) is 10.4. The predicted octanol–water partition coefficient (Wildman–Crippen LogP) is 5.15. The van der Waals surface area contributed by atoms with Crippen LogP contribution < -0.4 is 10.6 Å². The summed E-state index contributed by atoms with van der Waals surface area (Å²) in [6.07, 6.45) is -1.48. The molecule has 0 spiro atoms. The number of rotatable bonds is 5. The molecule has 0 bridgehead atoms. The fraction of sp³-hybridized carbons (Fsp3) is 0.190. The van der Waals surface area contributed by atoms with Crippen LogP contribution in [0.5, 0.6) is 0 Å². The van der Waals surface area contributed by atoms with Crippen molar-refractivity contribution in [1.82, 2.24) is 24.6 Å². The highest BCUT2D eigenvalue weighted by molar-refractivity contribution is 6.29. The minimum Gasteiger partial charge on any atom is -0.338 e. The maximum absolute atomic E-state index is 13.0. The molecule has 8 nitrogen and oxygen atoms in total. The quantitative estimate of drug-likeness (QED) is 0.386. The molecule has 0 aliphatic heterocycles. The third-order valence-corrected chi connectivity index (χ3v) is 4.31. The first kappa shape index (κ1) is 23.9. The molecule has 0 saturated carbocycles. The van der Waals surface area contributed by atoms with E-state index in [9.17, 15) is 18.0 Å². The van der Waals surface area contributed by atoms with Crippen LogP contribution in [0.3, 0.4) is 0 Å². The van der Waals surface area contributed by atoms with Gasteiger partial charge in [0.25, 0.3) is 0 Å². The van der Waals surface area contributed by atoms with Gasteiger partial charge >= 0.3 is 6.18 Å². The van der Waals surface area contributed by atoms with Crippen molar-refractivity contribution in [2.75, 3.05) is 16.5 Å². The molecule has 1 amide bonds. The van der Waals surface area contributed by atoms with Crippen molar-refractivity contribution >= 4 is 40.3 Å². The third kappa shape index (κ3) is 5.75. The standard InChI is InChI=1S/C19H13ClF3N7O.C2H6/c20-10-16(31)27-15-9-11(6-7-24-15)25-18-13-4-2-8-30(13)29-17(28-18)12-3-1-5-14(26-12)19(21,22)23;1-2/h1-9H,10H2,(H2,24,25,27,28,29,31);1-2H3. The SMILES string of the molecule is CC.O=C(CCl)Nc1cc(Nc2nc(-c3cccc(C(F)(F)F)n3)nn3cccc23)ccn1. The Bertz CT molecular complexity index is 1260. The lowest BCUT2D eigenvalue weighted by atomic mass is 10.3. The van der Waals surface area contributed by atoms with Gasteiger partial charge in [-0.25, -0.2) is 19.5 Å². The van der Waals surface area contributed by atoms with E-state index in [2.05, 4.69) is 30.7 Å². The van der Waals surface area contributed by atoms with E-state index in [1.165, 1.54) is 22.8 Å². The number of fused-ring (bicyclic) bond motifs is 1. The summed E-state index contributed by atoms with van der Waals surface area (Å²) in [5, 5.41) is 9.86. The number of hydrogen-bond acceptors (Lipinski definition) is 6. The number of carbonyl (C=O) groups is 1. The highest BCUT2D eigenvalue weighted by Gasteiger charge is 2.32. The van der Waals surface area contributed by atoms with Gasteiger partial charge in [0, 0.05) is 24.1 Å². The van der Waals surface area contributed by atoms with Gasteiger partial charge in [-0.05, 0) is 30.3 Å². The number of carbonyl (C=O) groups excluding carboxylic acids is 1. The van der Waals surface area contributed by atoms with Gasteiger partial charge < -0.3 is 10.6 Å². The Morgan fingerprint density at radius 2 is 1.91 bits per heavy atom. The topological polar surface area (TPSA) is 97.1 Å². The van der Waals surface area contributed by atoms with Crippen LogP contribution in [-0.2, 0) is 11.0 Å². The van der Waals surface area contributed by atoms with Gasteiger partial charge in [-0.3, -0.25) is 4.79 Å². The van der Waals surface area contributed by atoms with Crippen molar-refractivity contribution in [2.24, 2.45) is 0 Å². The van der Waals surface area contributed by atoms with E-state index in [4.69, 9.17) is 11.6 Å². The lowest BCUT2D eigenvalue weighted by Gasteiger charge is -2.11. The van der Waals surface area contributed by atoms with Crippen molar-refractivity contribution < 1.29 is 18.0 Å². The van der Waals surface area contributed by atoms with Crippen molar-refractivity contribution in [3.8, 4) is 11.5 Å². The molecule has 0 fully saturated rings. The molecule has 0 unspecified atom stereocenters. The van der Waals surface area contributed by atoms with Crippen LogP contribution in [-0.4, -0.2) is 36.4 Å². The van der Waals surface area contributed by atoms with Crippen LogP contribution in [0, 0.1) is 0 Å². The van der Waals surface area contributed by atoms with E-state index < -0.39 is 17.8 Å². The first-order chi connectivity index (χ1) is 15.8. The molecular formula is C21H19ClF3N7O. The van der Waals surface area contributed by atoms with Crippen molar-refractivity contribution in [2.45, 2.75) is 20.0 Å². The minimum absolute atomic E-state index is 0.00187. The molecule has 172 valence electrons. The maximum Gasteiger partial charge on any atom is 0.433 e. The fourth-order valence-corrected chi connectivity index (χ4v) is 2.81. The van der Waals surface area contributed by atoms with Gasteiger partial charge in [0.05, 0.1) is 0 Å². The number of nitrogens with one attached hydrogen (secondary N) is 2. The smallest absolute Gasteiger partial charge is 0.338 e. The molecule has 0 radical (unpaired) electrons. The number of aromatic nitrogens is 5. The number of nitrogens with zero attached hydrogens (tertiary/aromatic N) is 5. The largest absolute Gasteiger partial charge is 0.433 e. The van der Waals surface area contributed by atoms with Gasteiger partial charge in [-0.2, -0.15) is 13.2 Å². The highest BCUT2D eigenvalue weighted by atomic mass is 35.5. The second kappa shape index (κ2) is 10.3. The van der Waals surface area contributed by atoms with E-state index in [0.717, 1.165) is 6.07 Å². The van der Waals surface area contributed by atoms with Gasteiger partial charge in [0.15, 0.2) is 5.82 Å². The van der Waals surface area contributed by atoms with Crippen LogP contribution in [0.4, 0.5) is 30.5 Å². The Kier molecular flexibility index (Phi) is 7.44. The number of hydrogen-bond donors (Lipinski definition) is 2. The normalized spacial score (nSPS) is 11.0. The molecule has 0 aliphatic carbocycles. The molecule has 0 aromatic carbocycles. The summed E-state index contributed by atoms with van der Waals surface area (Å²) < 4.78 is 40.6. The Morgan fingerprint density at radius 1 is 1.12 bits per heavy atom. The zero-order chi connectivity index (χ0) is 24.0. The van der Waals surface area contributed by atoms with E-state index in [1.807, 2.05) is 13.8 Å². The molecule has 0 saturated heterocycles. The summed E-state index contributed by atoms with van der Waals surface area (Å²) in [5.41, 5.74) is 0.0475. The predicted molar refractivity (Wildman–Crippen MR) is 119 cm³/mol. The van der Waals surface area contributed by atoms with E-state index in [-0.39, 0.29) is 23.2 Å². The molecule has 2 N–H and O–H groups in total.